The van der Waals surface area contributed by atoms with Crippen LogP contribution in [-0.4, -0.2) is 15.1 Å². The van der Waals surface area contributed by atoms with E-state index in [1.165, 1.54) is 0 Å². The van der Waals surface area contributed by atoms with E-state index in [1.54, 1.807) is 18.3 Å². The number of nitrogens with zero attached hydrogens (tertiary/aromatic N) is 2. The minimum Gasteiger partial charge on any atom is -0.508 e. The van der Waals surface area contributed by atoms with E-state index in [0.29, 0.717) is 5.65 Å². The molecule has 0 atom stereocenters. The van der Waals surface area contributed by atoms with Crippen molar-refractivity contribution in [2.24, 2.45) is 0 Å². The molecule has 4 nitrogen and oxygen atoms in total. The minimum atomic E-state index is 0.248. The molecule has 0 amide bonds. The van der Waals surface area contributed by atoms with Crippen molar-refractivity contribution in [3.8, 4) is 16.9 Å². The zero-order valence-electron chi connectivity index (χ0n) is 12.8. The Kier molecular flexibility index (Phi) is 3.56. The number of nitrogens with one attached hydrogen (secondary N) is 1. The number of pyridine rings is 2. The Morgan fingerprint density at radius 2 is 1.62 bits per heavy atom. The first-order chi connectivity index (χ1) is 11.8. The lowest BCUT2D eigenvalue weighted by molar-refractivity contribution is 0.475. The van der Waals surface area contributed by atoms with Crippen LogP contribution >= 0.6 is 0 Å². The van der Waals surface area contributed by atoms with Gasteiger partial charge in [-0.2, -0.15) is 0 Å². The number of hydrogen-bond acceptors (Lipinski definition) is 4. The molecule has 0 unspecified atom stereocenters. The lowest BCUT2D eigenvalue weighted by Crippen LogP contribution is -1.96. The van der Waals surface area contributed by atoms with Crippen molar-refractivity contribution in [2.45, 2.75) is 0 Å². The van der Waals surface area contributed by atoms with Crippen LogP contribution in [-0.2, 0) is 0 Å². The number of aromatic nitrogens is 2. The molecule has 0 saturated heterocycles. The number of phenols is 1. The van der Waals surface area contributed by atoms with Crippen LogP contribution in [0.3, 0.4) is 0 Å². The van der Waals surface area contributed by atoms with Gasteiger partial charge in [-0.05, 0) is 53.6 Å². The third-order valence-corrected chi connectivity index (χ3v) is 3.81. The van der Waals surface area contributed by atoms with Crippen molar-refractivity contribution in [2.75, 3.05) is 5.32 Å². The summed E-state index contributed by atoms with van der Waals surface area (Å²) in [7, 11) is 0. The minimum absolute atomic E-state index is 0.248. The molecular weight excluding hydrogens is 298 g/mol. The Hall–Kier alpha value is -3.40. The molecule has 0 spiro atoms. The zero-order valence-corrected chi connectivity index (χ0v) is 12.8. The van der Waals surface area contributed by atoms with Gasteiger partial charge in [0.15, 0.2) is 5.65 Å². The Morgan fingerprint density at radius 1 is 0.833 bits per heavy atom. The average Bonchev–Trinajstić information content (AvgIpc) is 2.63. The molecule has 0 aliphatic heterocycles. The van der Waals surface area contributed by atoms with Crippen molar-refractivity contribution < 1.29 is 5.11 Å². The van der Waals surface area contributed by atoms with E-state index < -0.39 is 0 Å². The number of benzene rings is 2. The summed E-state index contributed by atoms with van der Waals surface area (Å²) in [6.45, 7) is 0. The second-order valence-corrected chi connectivity index (χ2v) is 5.47. The van der Waals surface area contributed by atoms with Crippen LogP contribution in [0.25, 0.3) is 22.2 Å². The molecule has 0 bridgehead atoms. The molecule has 2 N–H and O–H groups in total. The normalized spacial score (nSPS) is 10.7. The first-order valence-corrected chi connectivity index (χ1v) is 7.67. The van der Waals surface area contributed by atoms with Gasteiger partial charge < -0.3 is 10.4 Å². The monoisotopic (exact) mass is 313 g/mol. The molecular formula is C20H15N3O. The smallest absolute Gasteiger partial charge is 0.162 e. The first kappa shape index (κ1) is 14.2. The second-order valence-electron chi connectivity index (χ2n) is 5.47. The second kappa shape index (κ2) is 6.01. The quantitative estimate of drug-likeness (QED) is 0.573. The fourth-order valence-corrected chi connectivity index (χ4v) is 2.67. The number of para-hydroxylation sites is 1. The molecule has 0 aliphatic carbocycles. The van der Waals surface area contributed by atoms with Crippen molar-refractivity contribution >= 4 is 22.5 Å². The van der Waals surface area contributed by atoms with E-state index >= 15 is 0 Å². The van der Waals surface area contributed by atoms with Gasteiger partial charge in [-0.25, -0.2) is 9.97 Å². The average molecular weight is 313 g/mol. The predicted molar refractivity (Wildman–Crippen MR) is 96.4 cm³/mol. The predicted octanol–water partition coefficient (Wildman–Crippen LogP) is 4.75. The Labute approximate surface area is 139 Å². The van der Waals surface area contributed by atoms with Gasteiger partial charge in [0.05, 0.1) is 0 Å². The van der Waals surface area contributed by atoms with Crippen LogP contribution in [0, 0.1) is 0 Å². The van der Waals surface area contributed by atoms with Crippen LogP contribution in [0.5, 0.6) is 5.75 Å². The van der Waals surface area contributed by atoms with E-state index in [9.17, 15) is 5.11 Å². The highest BCUT2D eigenvalue weighted by Crippen LogP contribution is 2.31. The molecule has 0 saturated carbocycles. The highest BCUT2D eigenvalue weighted by molar-refractivity contribution is 5.94. The van der Waals surface area contributed by atoms with Gasteiger partial charge in [-0.15, -0.1) is 0 Å². The largest absolute Gasteiger partial charge is 0.508 e. The molecule has 2 heterocycles. The Balaban J connectivity index is 1.86. The van der Waals surface area contributed by atoms with Gasteiger partial charge in [0.25, 0.3) is 0 Å². The fourth-order valence-electron chi connectivity index (χ4n) is 2.67. The molecule has 0 aliphatic rings. The number of hydrogen-bond donors (Lipinski definition) is 2. The molecule has 0 radical (unpaired) electrons. The number of fused-ring (bicyclic) bond motifs is 1. The fraction of sp³-hybridized carbons (Fsp3) is 0. The molecule has 116 valence electrons. The maximum atomic E-state index is 9.53. The number of anilines is 2. The lowest BCUT2D eigenvalue weighted by atomic mass is 10.0. The summed E-state index contributed by atoms with van der Waals surface area (Å²) in [5.41, 5.74) is 3.68. The van der Waals surface area contributed by atoms with Gasteiger partial charge in [-0.3, -0.25) is 0 Å². The summed E-state index contributed by atoms with van der Waals surface area (Å²) in [6.07, 6.45) is 1.74. The van der Waals surface area contributed by atoms with Gasteiger partial charge in [0, 0.05) is 17.3 Å². The molecule has 2 aromatic carbocycles. The van der Waals surface area contributed by atoms with Crippen LogP contribution in [0.4, 0.5) is 11.5 Å². The van der Waals surface area contributed by atoms with Crippen LogP contribution in [0.1, 0.15) is 0 Å². The van der Waals surface area contributed by atoms with E-state index in [-0.39, 0.29) is 5.75 Å². The van der Waals surface area contributed by atoms with Gasteiger partial charge in [-0.1, -0.05) is 30.3 Å². The van der Waals surface area contributed by atoms with Gasteiger partial charge in [0.2, 0.25) is 0 Å². The van der Waals surface area contributed by atoms with E-state index in [1.807, 2.05) is 60.7 Å². The molecule has 24 heavy (non-hydrogen) atoms. The Morgan fingerprint density at radius 3 is 2.42 bits per heavy atom. The van der Waals surface area contributed by atoms with Gasteiger partial charge in [0.1, 0.15) is 11.6 Å². The van der Waals surface area contributed by atoms with Crippen LogP contribution < -0.4 is 5.32 Å². The molecule has 2 aromatic heterocycles. The standard InChI is InChI=1S/C20H15N3O/c24-16-10-8-14(9-11-16)18-13-19(22-15-5-2-1-3-6-15)23-20-17(18)7-4-12-21-20/h1-13,24H,(H,21,22,23). The molecule has 4 rings (SSSR count). The van der Waals surface area contributed by atoms with Crippen LogP contribution in [0.2, 0.25) is 0 Å². The molecule has 0 fully saturated rings. The number of aromatic hydroxyl groups is 1. The third-order valence-electron chi connectivity index (χ3n) is 3.81. The number of phenolic OH excluding ortho intramolecular Hbond substituents is 1. The summed E-state index contributed by atoms with van der Waals surface area (Å²) in [6, 6.07) is 23.0. The third kappa shape index (κ3) is 2.77. The highest BCUT2D eigenvalue weighted by Gasteiger charge is 2.09. The van der Waals surface area contributed by atoms with Crippen molar-refractivity contribution in [1.29, 1.82) is 0 Å². The summed E-state index contributed by atoms with van der Waals surface area (Å²) in [4.78, 5) is 8.99. The van der Waals surface area contributed by atoms with Crippen molar-refractivity contribution in [3.63, 3.8) is 0 Å². The SMILES string of the molecule is Oc1ccc(-c2cc(Nc3ccccc3)nc3ncccc23)cc1. The zero-order chi connectivity index (χ0) is 16.4. The maximum absolute atomic E-state index is 9.53. The van der Waals surface area contributed by atoms with Crippen molar-refractivity contribution in [3.05, 3.63) is 79.0 Å². The first-order valence-electron chi connectivity index (χ1n) is 7.67. The highest BCUT2D eigenvalue weighted by atomic mass is 16.3. The lowest BCUT2D eigenvalue weighted by Gasteiger charge is -2.11. The molecule has 4 aromatic rings. The topological polar surface area (TPSA) is 58.0 Å². The van der Waals surface area contributed by atoms with Crippen molar-refractivity contribution in [1.82, 2.24) is 9.97 Å². The summed E-state index contributed by atoms with van der Waals surface area (Å²) >= 11 is 0. The summed E-state index contributed by atoms with van der Waals surface area (Å²) < 4.78 is 0. The molecule has 4 heteroatoms. The van der Waals surface area contributed by atoms with E-state index in [0.717, 1.165) is 28.0 Å². The maximum Gasteiger partial charge on any atom is 0.162 e. The van der Waals surface area contributed by atoms with E-state index in [2.05, 4.69) is 15.3 Å². The summed E-state index contributed by atoms with van der Waals surface area (Å²) in [5, 5.41) is 13.8. The van der Waals surface area contributed by atoms with Crippen LogP contribution in [0.15, 0.2) is 79.0 Å². The Bertz CT molecular complexity index is 983. The number of rotatable bonds is 3. The van der Waals surface area contributed by atoms with Gasteiger partial charge >= 0.3 is 0 Å². The van der Waals surface area contributed by atoms with E-state index in [4.69, 9.17) is 0 Å². The summed E-state index contributed by atoms with van der Waals surface area (Å²) in [5.74, 6) is 0.980.